The SMILES string of the molecule is COc1cccc(N2CCN(C(=O)c3cc(C)nn3-c3ccc(F)cc3)CC2)c1. The number of aromatic nitrogens is 2. The molecule has 1 fully saturated rings. The Hall–Kier alpha value is -3.35. The van der Waals surface area contributed by atoms with Gasteiger partial charge in [0.15, 0.2) is 0 Å². The average Bonchev–Trinajstić information content (AvgIpc) is 3.15. The van der Waals surface area contributed by atoms with Crippen LogP contribution in [0.25, 0.3) is 5.69 Å². The number of ether oxygens (including phenoxy) is 1. The Labute approximate surface area is 169 Å². The number of hydrogen-bond acceptors (Lipinski definition) is 4. The number of hydrogen-bond donors (Lipinski definition) is 0. The molecule has 1 aliphatic heterocycles. The average molecular weight is 394 g/mol. The lowest BCUT2D eigenvalue weighted by Crippen LogP contribution is -2.49. The molecule has 1 amide bonds. The topological polar surface area (TPSA) is 50.6 Å². The van der Waals surface area contributed by atoms with Crippen LogP contribution in [-0.2, 0) is 0 Å². The van der Waals surface area contributed by atoms with Gasteiger partial charge in [0.25, 0.3) is 5.91 Å². The number of piperazine rings is 1. The predicted octanol–water partition coefficient (Wildman–Crippen LogP) is 3.29. The lowest BCUT2D eigenvalue weighted by molar-refractivity contribution is 0.0737. The van der Waals surface area contributed by atoms with Gasteiger partial charge in [0.05, 0.1) is 18.5 Å². The molecule has 0 N–H and O–H groups in total. The van der Waals surface area contributed by atoms with Crippen LogP contribution in [0.15, 0.2) is 54.6 Å². The molecule has 0 aliphatic carbocycles. The number of carbonyl (C=O) groups is 1. The number of nitrogens with zero attached hydrogens (tertiary/aromatic N) is 4. The summed E-state index contributed by atoms with van der Waals surface area (Å²) < 4.78 is 20.2. The molecule has 150 valence electrons. The summed E-state index contributed by atoms with van der Waals surface area (Å²) in [6.45, 7) is 4.55. The standard InChI is InChI=1S/C22H23FN4O2/c1-16-14-21(27(24-16)18-8-6-17(23)7-9-18)22(28)26-12-10-25(11-13-26)19-4-3-5-20(15-19)29-2/h3-9,14-15H,10-13H2,1-2H3. The fourth-order valence-corrected chi connectivity index (χ4v) is 3.57. The second-order valence-corrected chi connectivity index (χ2v) is 7.04. The van der Waals surface area contributed by atoms with Gasteiger partial charge in [-0.25, -0.2) is 9.07 Å². The highest BCUT2D eigenvalue weighted by Gasteiger charge is 2.25. The minimum absolute atomic E-state index is 0.0692. The Kier molecular flexibility index (Phi) is 5.20. The molecule has 0 radical (unpaired) electrons. The normalized spacial score (nSPS) is 14.2. The Balaban J connectivity index is 1.49. The quantitative estimate of drug-likeness (QED) is 0.681. The molecule has 0 atom stereocenters. The number of carbonyl (C=O) groups excluding carboxylic acids is 1. The van der Waals surface area contributed by atoms with Gasteiger partial charge in [0.1, 0.15) is 17.3 Å². The van der Waals surface area contributed by atoms with E-state index in [1.165, 1.54) is 12.1 Å². The fourth-order valence-electron chi connectivity index (χ4n) is 3.57. The largest absolute Gasteiger partial charge is 0.497 e. The van der Waals surface area contributed by atoms with Crippen LogP contribution >= 0.6 is 0 Å². The van der Waals surface area contributed by atoms with Crippen LogP contribution in [0.2, 0.25) is 0 Å². The lowest BCUT2D eigenvalue weighted by atomic mass is 10.2. The van der Waals surface area contributed by atoms with E-state index >= 15 is 0 Å². The van der Waals surface area contributed by atoms with Crippen molar-refractivity contribution in [3.8, 4) is 11.4 Å². The number of methoxy groups -OCH3 is 1. The number of rotatable bonds is 4. The van der Waals surface area contributed by atoms with Crippen molar-refractivity contribution in [2.45, 2.75) is 6.92 Å². The molecule has 0 saturated carbocycles. The Bertz CT molecular complexity index is 1010. The van der Waals surface area contributed by atoms with Crippen molar-refractivity contribution in [2.75, 3.05) is 38.2 Å². The molecule has 0 unspecified atom stereocenters. The van der Waals surface area contributed by atoms with Crippen molar-refractivity contribution < 1.29 is 13.9 Å². The van der Waals surface area contributed by atoms with Gasteiger partial charge in [-0.3, -0.25) is 4.79 Å². The molecule has 1 aliphatic rings. The van der Waals surface area contributed by atoms with Gasteiger partial charge in [-0.05, 0) is 49.4 Å². The molecule has 3 aromatic rings. The fraction of sp³-hybridized carbons (Fsp3) is 0.273. The van der Waals surface area contributed by atoms with Gasteiger partial charge in [-0.1, -0.05) is 6.07 Å². The van der Waals surface area contributed by atoms with Crippen LogP contribution in [-0.4, -0.2) is 53.9 Å². The zero-order valence-electron chi connectivity index (χ0n) is 16.5. The Morgan fingerprint density at radius 1 is 1.00 bits per heavy atom. The highest BCUT2D eigenvalue weighted by molar-refractivity contribution is 5.93. The van der Waals surface area contributed by atoms with E-state index in [0.717, 1.165) is 30.2 Å². The maximum Gasteiger partial charge on any atom is 0.272 e. The van der Waals surface area contributed by atoms with Gasteiger partial charge in [-0.15, -0.1) is 0 Å². The van der Waals surface area contributed by atoms with Crippen molar-refractivity contribution >= 4 is 11.6 Å². The molecule has 2 aromatic carbocycles. The van der Waals surface area contributed by atoms with Gasteiger partial charge in [0.2, 0.25) is 0 Å². The third-order valence-electron chi connectivity index (χ3n) is 5.11. The summed E-state index contributed by atoms with van der Waals surface area (Å²) in [5.74, 6) is 0.430. The minimum Gasteiger partial charge on any atom is -0.497 e. The van der Waals surface area contributed by atoms with E-state index in [2.05, 4.69) is 10.00 Å². The highest BCUT2D eigenvalue weighted by atomic mass is 19.1. The molecule has 4 rings (SSSR count). The predicted molar refractivity (Wildman–Crippen MR) is 109 cm³/mol. The van der Waals surface area contributed by atoms with Crippen LogP contribution in [0.1, 0.15) is 16.2 Å². The molecule has 6 nitrogen and oxygen atoms in total. The summed E-state index contributed by atoms with van der Waals surface area (Å²) >= 11 is 0. The zero-order valence-corrected chi connectivity index (χ0v) is 16.5. The van der Waals surface area contributed by atoms with E-state index in [-0.39, 0.29) is 11.7 Å². The van der Waals surface area contributed by atoms with E-state index < -0.39 is 0 Å². The first kappa shape index (κ1) is 19.0. The molecular formula is C22H23FN4O2. The zero-order chi connectivity index (χ0) is 20.4. The molecular weight excluding hydrogens is 371 g/mol. The third kappa shape index (κ3) is 3.94. The van der Waals surface area contributed by atoms with Crippen LogP contribution in [0, 0.1) is 12.7 Å². The first-order valence-electron chi connectivity index (χ1n) is 9.56. The second-order valence-electron chi connectivity index (χ2n) is 7.04. The molecule has 0 bridgehead atoms. The third-order valence-corrected chi connectivity index (χ3v) is 5.11. The molecule has 1 aromatic heterocycles. The van der Waals surface area contributed by atoms with E-state index in [1.807, 2.05) is 36.1 Å². The van der Waals surface area contributed by atoms with Crippen molar-refractivity contribution in [1.82, 2.24) is 14.7 Å². The number of amides is 1. The van der Waals surface area contributed by atoms with Crippen molar-refractivity contribution in [3.63, 3.8) is 0 Å². The van der Waals surface area contributed by atoms with Gasteiger partial charge in [-0.2, -0.15) is 5.10 Å². The summed E-state index contributed by atoms with van der Waals surface area (Å²) in [5, 5.41) is 4.43. The van der Waals surface area contributed by atoms with Crippen molar-refractivity contribution in [2.24, 2.45) is 0 Å². The molecule has 0 spiro atoms. The number of benzene rings is 2. The lowest BCUT2D eigenvalue weighted by Gasteiger charge is -2.36. The van der Waals surface area contributed by atoms with E-state index in [1.54, 1.807) is 30.0 Å². The summed E-state index contributed by atoms with van der Waals surface area (Å²) in [4.78, 5) is 17.3. The molecule has 7 heteroatoms. The summed E-state index contributed by atoms with van der Waals surface area (Å²) in [6.07, 6.45) is 0. The summed E-state index contributed by atoms with van der Waals surface area (Å²) in [5.41, 5.74) is 2.98. The number of aryl methyl sites for hydroxylation is 1. The highest BCUT2D eigenvalue weighted by Crippen LogP contribution is 2.23. The van der Waals surface area contributed by atoms with Crippen LogP contribution in [0.4, 0.5) is 10.1 Å². The Morgan fingerprint density at radius 3 is 2.41 bits per heavy atom. The maximum absolute atomic E-state index is 13.3. The number of anilines is 1. The van der Waals surface area contributed by atoms with E-state index in [4.69, 9.17) is 4.74 Å². The molecule has 29 heavy (non-hydrogen) atoms. The van der Waals surface area contributed by atoms with Crippen molar-refractivity contribution in [3.05, 3.63) is 71.8 Å². The van der Waals surface area contributed by atoms with E-state index in [9.17, 15) is 9.18 Å². The van der Waals surface area contributed by atoms with Crippen molar-refractivity contribution in [1.29, 1.82) is 0 Å². The molecule has 2 heterocycles. The van der Waals surface area contributed by atoms with Crippen LogP contribution in [0.3, 0.4) is 0 Å². The Morgan fingerprint density at radius 2 is 1.72 bits per heavy atom. The second kappa shape index (κ2) is 7.95. The minimum atomic E-state index is -0.320. The van der Waals surface area contributed by atoms with Gasteiger partial charge >= 0.3 is 0 Å². The van der Waals surface area contributed by atoms with E-state index in [0.29, 0.717) is 24.5 Å². The van der Waals surface area contributed by atoms with Gasteiger partial charge in [0, 0.05) is 37.9 Å². The monoisotopic (exact) mass is 394 g/mol. The summed E-state index contributed by atoms with van der Waals surface area (Å²) in [7, 11) is 1.65. The first-order chi connectivity index (χ1) is 14.0. The van der Waals surface area contributed by atoms with Crippen LogP contribution in [0.5, 0.6) is 5.75 Å². The maximum atomic E-state index is 13.3. The first-order valence-corrected chi connectivity index (χ1v) is 9.56. The smallest absolute Gasteiger partial charge is 0.272 e. The van der Waals surface area contributed by atoms with Crippen LogP contribution < -0.4 is 9.64 Å². The van der Waals surface area contributed by atoms with Gasteiger partial charge < -0.3 is 14.5 Å². The molecule has 1 saturated heterocycles. The summed E-state index contributed by atoms with van der Waals surface area (Å²) in [6, 6.07) is 15.7. The number of halogens is 1.